The predicted octanol–water partition coefficient (Wildman–Crippen LogP) is 2.89. The highest BCUT2D eigenvalue weighted by molar-refractivity contribution is 5.85. The van der Waals surface area contributed by atoms with Crippen molar-refractivity contribution in [2.24, 2.45) is 14.1 Å². The first kappa shape index (κ1) is 20.6. The van der Waals surface area contributed by atoms with Crippen LogP contribution in [0.4, 0.5) is 13.2 Å². The van der Waals surface area contributed by atoms with Crippen LogP contribution < -0.4 is 5.32 Å². The number of rotatable bonds is 3. The Morgan fingerprint density at radius 2 is 2.04 bits per heavy atom. The number of nitrogens with one attached hydrogen (secondary N) is 1. The van der Waals surface area contributed by atoms with Crippen LogP contribution in [0, 0.1) is 0 Å². The van der Waals surface area contributed by atoms with E-state index in [1.807, 2.05) is 29.4 Å². The molecule has 3 heterocycles. The summed E-state index contributed by atoms with van der Waals surface area (Å²) < 4.78 is 42.8. The number of halogens is 4. The molecule has 28 heavy (non-hydrogen) atoms. The highest BCUT2D eigenvalue weighted by Gasteiger charge is 2.31. The van der Waals surface area contributed by atoms with Gasteiger partial charge < -0.3 is 14.5 Å². The minimum atomic E-state index is -4.37. The Labute approximate surface area is 166 Å². The van der Waals surface area contributed by atoms with Gasteiger partial charge in [-0.05, 0) is 18.2 Å². The fourth-order valence-corrected chi connectivity index (χ4v) is 3.64. The van der Waals surface area contributed by atoms with Crippen LogP contribution in [0.15, 0.2) is 30.6 Å². The summed E-state index contributed by atoms with van der Waals surface area (Å²) in [5.74, 6) is 1.70. The number of benzene rings is 1. The van der Waals surface area contributed by atoms with Crippen molar-refractivity contribution < 1.29 is 13.2 Å². The van der Waals surface area contributed by atoms with Gasteiger partial charge in [0.2, 0.25) is 0 Å². The smallest absolute Gasteiger partial charge is 0.337 e. The van der Waals surface area contributed by atoms with Crippen LogP contribution in [0.25, 0.3) is 11.0 Å². The van der Waals surface area contributed by atoms with Crippen molar-refractivity contribution >= 4 is 23.4 Å². The molecule has 6 nitrogen and oxygen atoms in total. The maximum absolute atomic E-state index is 13.0. The van der Waals surface area contributed by atoms with Gasteiger partial charge in [0, 0.05) is 46.1 Å². The van der Waals surface area contributed by atoms with Crippen molar-refractivity contribution in [2.75, 3.05) is 19.6 Å². The van der Waals surface area contributed by atoms with E-state index in [-0.39, 0.29) is 18.4 Å². The monoisotopic (exact) mass is 414 g/mol. The van der Waals surface area contributed by atoms with Gasteiger partial charge in [-0.1, -0.05) is 0 Å². The molecule has 0 aliphatic carbocycles. The van der Waals surface area contributed by atoms with Crippen molar-refractivity contribution in [1.29, 1.82) is 0 Å². The topological polar surface area (TPSA) is 50.9 Å². The largest absolute Gasteiger partial charge is 0.416 e. The number of fused-ring (bicyclic) bond motifs is 1. The van der Waals surface area contributed by atoms with Gasteiger partial charge in [0.15, 0.2) is 0 Å². The molecule has 1 saturated heterocycles. The van der Waals surface area contributed by atoms with Crippen LogP contribution in [0.3, 0.4) is 0 Å². The molecule has 0 saturated carbocycles. The van der Waals surface area contributed by atoms with E-state index in [4.69, 9.17) is 0 Å². The minimum absolute atomic E-state index is 0. The zero-order chi connectivity index (χ0) is 19.2. The van der Waals surface area contributed by atoms with Crippen LogP contribution in [0.1, 0.15) is 23.3 Å². The van der Waals surface area contributed by atoms with Crippen LogP contribution in [-0.2, 0) is 26.8 Å². The summed E-state index contributed by atoms with van der Waals surface area (Å²) in [6.07, 6.45) is -0.681. The lowest BCUT2D eigenvalue weighted by Gasteiger charge is -2.35. The highest BCUT2D eigenvalue weighted by Crippen LogP contribution is 2.32. The minimum Gasteiger partial charge on any atom is -0.337 e. The van der Waals surface area contributed by atoms with E-state index in [1.54, 1.807) is 6.20 Å². The lowest BCUT2D eigenvalue weighted by molar-refractivity contribution is -0.137. The molecule has 1 aromatic carbocycles. The van der Waals surface area contributed by atoms with Gasteiger partial charge in [-0.15, -0.1) is 12.4 Å². The van der Waals surface area contributed by atoms with E-state index in [0.717, 1.165) is 43.4 Å². The number of alkyl halides is 3. The molecule has 1 fully saturated rings. The lowest BCUT2D eigenvalue weighted by atomic mass is 10.1. The maximum atomic E-state index is 13.0. The zero-order valence-corrected chi connectivity index (χ0v) is 16.4. The first-order valence-corrected chi connectivity index (χ1v) is 8.79. The van der Waals surface area contributed by atoms with Gasteiger partial charge in [-0.25, -0.2) is 9.97 Å². The van der Waals surface area contributed by atoms with E-state index >= 15 is 0 Å². The van der Waals surface area contributed by atoms with Crippen LogP contribution in [-0.4, -0.2) is 43.6 Å². The second kappa shape index (κ2) is 7.73. The van der Waals surface area contributed by atoms with Crippen molar-refractivity contribution in [2.45, 2.75) is 18.8 Å². The van der Waals surface area contributed by atoms with Crippen LogP contribution in [0.2, 0.25) is 0 Å². The number of aromatic nitrogens is 4. The number of hydrogen-bond donors (Lipinski definition) is 1. The molecule has 2 aromatic heterocycles. The third-order valence-corrected chi connectivity index (χ3v) is 5.16. The standard InChI is InChI=1S/C18H21F3N6.ClH/c1-25-7-6-23-17(25)15-10-22-5-8-27(15)11-16-24-13-9-12(18(19,20)21)3-4-14(13)26(16)2;/h3-4,6-7,9,15,22H,5,8,10-11H2,1-2H3;1H. The number of piperazine rings is 1. The second-order valence-corrected chi connectivity index (χ2v) is 6.88. The Balaban J connectivity index is 0.00000225. The highest BCUT2D eigenvalue weighted by atomic mass is 35.5. The fraction of sp³-hybridized carbons (Fsp3) is 0.444. The lowest BCUT2D eigenvalue weighted by Crippen LogP contribution is -2.46. The molecule has 1 aliphatic heterocycles. The molecular formula is C18H22ClF3N6. The first-order valence-electron chi connectivity index (χ1n) is 8.79. The fourth-order valence-electron chi connectivity index (χ4n) is 3.64. The van der Waals surface area contributed by atoms with E-state index in [0.29, 0.717) is 17.6 Å². The molecule has 1 N–H and O–H groups in total. The van der Waals surface area contributed by atoms with Crippen molar-refractivity contribution in [1.82, 2.24) is 29.3 Å². The van der Waals surface area contributed by atoms with Gasteiger partial charge in [-0.2, -0.15) is 13.2 Å². The molecule has 152 valence electrons. The molecule has 1 unspecified atom stereocenters. The average molecular weight is 415 g/mol. The van der Waals surface area contributed by atoms with Crippen molar-refractivity contribution in [3.05, 3.63) is 47.8 Å². The van der Waals surface area contributed by atoms with Gasteiger partial charge in [0.25, 0.3) is 0 Å². The Hall–Kier alpha value is -2.10. The molecule has 10 heteroatoms. The van der Waals surface area contributed by atoms with E-state index in [2.05, 4.69) is 20.2 Å². The molecule has 3 aromatic rings. The Morgan fingerprint density at radius 3 is 2.71 bits per heavy atom. The summed E-state index contributed by atoms with van der Waals surface area (Å²) in [5, 5.41) is 3.38. The third kappa shape index (κ3) is 3.74. The summed E-state index contributed by atoms with van der Waals surface area (Å²) >= 11 is 0. The Bertz CT molecular complexity index is 964. The van der Waals surface area contributed by atoms with Crippen molar-refractivity contribution in [3.8, 4) is 0 Å². The van der Waals surface area contributed by atoms with E-state index < -0.39 is 11.7 Å². The molecule has 4 rings (SSSR count). The van der Waals surface area contributed by atoms with E-state index in [9.17, 15) is 13.2 Å². The molecule has 0 bridgehead atoms. The molecule has 1 atom stereocenters. The van der Waals surface area contributed by atoms with Crippen LogP contribution in [0.5, 0.6) is 0 Å². The quantitative estimate of drug-likeness (QED) is 0.716. The molecule has 1 aliphatic rings. The average Bonchev–Trinajstić information content (AvgIpc) is 3.18. The molecule has 0 spiro atoms. The normalized spacial score (nSPS) is 18.4. The Morgan fingerprint density at radius 1 is 1.25 bits per heavy atom. The number of hydrogen-bond acceptors (Lipinski definition) is 4. The van der Waals surface area contributed by atoms with E-state index in [1.165, 1.54) is 6.07 Å². The van der Waals surface area contributed by atoms with Gasteiger partial charge in [0.1, 0.15) is 11.6 Å². The molecule has 0 amide bonds. The van der Waals surface area contributed by atoms with Gasteiger partial charge in [0.05, 0.1) is 29.2 Å². The number of imidazole rings is 2. The summed E-state index contributed by atoms with van der Waals surface area (Å²) in [5.41, 5.74) is 0.389. The summed E-state index contributed by atoms with van der Waals surface area (Å²) in [6, 6.07) is 3.80. The van der Waals surface area contributed by atoms with Crippen LogP contribution >= 0.6 is 12.4 Å². The second-order valence-electron chi connectivity index (χ2n) is 6.88. The third-order valence-electron chi connectivity index (χ3n) is 5.16. The first-order chi connectivity index (χ1) is 12.8. The number of aryl methyl sites for hydroxylation is 2. The SMILES string of the molecule is Cl.Cn1ccnc1C1CNCCN1Cc1nc2cc(C(F)(F)F)ccc2n1C. The maximum Gasteiger partial charge on any atom is 0.416 e. The Kier molecular flexibility index (Phi) is 5.69. The summed E-state index contributed by atoms with van der Waals surface area (Å²) in [6.45, 7) is 2.98. The summed E-state index contributed by atoms with van der Waals surface area (Å²) in [7, 11) is 3.80. The predicted molar refractivity (Wildman–Crippen MR) is 102 cm³/mol. The van der Waals surface area contributed by atoms with Gasteiger partial charge >= 0.3 is 6.18 Å². The van der Waals surface area contributed by atoms with Crippen molar-refractivity contribution in [3.63, 3.8) is 0 Å². The molecular weight excluding hydrogens is 393 g/mol. The number of nitrogens with zero attached hydrogens (tertiary/aromatic N) is 5. The van der Waals surface area contributed by atoms with Gasteiger partial charge in [-0.3, -0.25) is 4.90 Å². The summed E-state index contributed by atoms with van der Waals surface area (Å²) in [4.78, 5) is 11.2. The molecule has 0 radical (unpaired) electrons. The zero-order valence-electron chi connectivity index (χ0n) is 15.6.